The highest BCUT2D eigenvalue weighted by Gasteiger charge is 2.38. The van der Waals surface area contributed by atoms with Gasteiger partial charge in [-0.05, 0) is 31.0 Å². The third kappa shape index (κ3) is 3.41. The summed E-state index contributed by atoms with van der Waals surface area (Å²) in [5, 5.41) is 0.247. The first kappa shape index (κ1) is 16.8. The van der Waals surface area contributed by atoms with Gasteiger partial charge in [-0.1, -0.05) is 39.3 Å². The maximum Gasteiger partial charge on any atom is 0.289 e. The van der Waals surface area contributed by atoms with Gasteiger partial charge in [0.25, 0.3) is 11.1 Å². The monoisotopic (exact) mass is 416 g/mol. The van der Waals surface area contributed by atoms with E-state index in [1.165, 1.54) is 4.90 Å². The molecule has 3 rings (SSSR count). The zero-order chi connectivity index (χ0) is 16.6. The van der Waals surface area contributed by atoms with E-state index in [1.807, 2.05) is 0 Å². The Bertz CT molecular complexity index is 661. The van der Waals surface area contributed by atoms with E-state index >= 15 is 0 Å². The molecule has 0 spiro atoms. The maximum atomic E-state index is 12.6. The van der Waals surface area contributed by atoms with Crippen LogP contribution in [0.25, 0.3) is 0 Å². The number of thioether (sulfide) groups is 1. The fraction of sp³-hybridized carbons (Fsp3) is 0.400. The minimum atomic E-state index is -0.171. The van der Waals surface area contributed by atoms with Crippen molar-refractivity contribution in [2.75, 3.05) is 18.8 Å². The van der Waals surface area contributed by atoms with Crippen LogP contribution in [0.15, 0.2) is 22.7 Å². The van der Waals surface area contributed by atoms with Gasteiger partial charge in [0.15, 0.2) is 0 Å². The number of benzene rings is 1. The molecule has 23 heavy (non-hydrogen) atoms. The smallest absolute Gasteiger partial charge is 0.289 e. The van der Waals surface area contributed by atoms with Crippen LogP contribution in [0.1, 0.15) is 23.2 Å². The molecule has 2 aliphatic heterocycles. The SMILES string of the molecule is O=C(c1cc(Br)ccc1Cl)N1CCC(N2C(=O)CSC2=O)CC1. The first-order valence-corrected chi connectivity index (χ1v) is 9.36. The second-order valence-electron chi connectivity index (χ2n) is 5.47. The number of amides is 3. The van der Waals surface area contributed by atoms with E-state index in [2.05, 4.69) is 15.9 Å². The van der Waals surface area contributed by atoms with Crippen molar-refractivity contribution in [3.63, 3.8) is 0 Å². The zero-order valence-corrected chi connectivity index (χ0v) is 15.3. The summed E-state index contributed by atoms with van der Waals surface area (Å²) in [6.45, 7) is 1.02. The van der Waals surface area contributed by atoms with E-state index in [-0.39, 0.29) is 28.8 Å². The van der Waals surface area contributed by atoms with Gasteiger partial charge in [-0.15, -0.1) is 0 Å². The van der Waals surface area contributed by atoms with E-state index in [9.17, 15) is 14.4 Å². The predicted molar refractivity (Wildman–Crippen MR) is 92.8 cm³/mol. The molecule has 0 N–H and O–H groups in total. The van der Waals surface area contributed by atoms with Crippen molar-refractivity contribution in [2.45, 2.75) is 18.9 Å². The third-order valence-electron chi connectivity index (χ3n) is 4.06. The van der Waals surface area contributed by atoms with E-state index in [0.29, 0.717) is 36.5 Å². The van der Waals surface area contributed by atoms with Gasteiger partial charge in [-0.2, -0.15) is 0 Å². The van der Waals surface area contributed by atoms with Crippen LogP contribution < -0.4 is 0 Å². The van der Waals surface area contributed by atoms with Crippen molar-refractivity contribution in [1.29, 1.82) is 0 Å². The molecule has 0 atom stereocenters. The molecule has 2 heterocycles. The number of piperidine rings is 1. The van der Waals surface area contributed by atoms with Gasteiger partial charge in [-0.3, -0.25) is 19.3 Å². The Morgan fingerprint density at radius 1 is 1.26 bits per heavy atom. The molecule has 0 bridgehead atoms. The summed E-state index contributed by atoms with van der Waals surface area (Å²) >= 11 is 10.5. The van der Waals surface area contributed by atoms with E-state index in [0.717, 1.165) is 16.2 Å². The first-order valence-electron chi connectivity index (χ1n) is 7.20. The molecule has 3 amide bonds. The summed E-state index contributed by atoms with van der Waals surface area (Å²) in [7, 11) is 0. The lowest BCUT2D eigenvalue weighted by Crippen LogP contribution is -2.48. The van der Waals surface area contributed by atoms with Crippen molar-refractivity contribution in [2.24, 2.45) is 0 Å². The van der Waals surface area contributed by atoms with Crippen LogP contribution in [0.3, 0.4) is 0 Å². The summed E-state index contributed by atoms with van der Waals surface area (Å²) in [6.07, 6.45) is 1.21. The van der Waals surface area contributed by atoms with Gasteiger partial charge >= 0.3 is 0 Å². The molecule has 2 saturated heterocycles. The van der Waals surface area contributed by atoms with Crippen LogP contribution >= 0.6 is 39.3 Å². The Hall–Kier alpha value is -1.05. The molecule has 0 aromatic heterocycles. The standard InChI is InChI=1S/C15H14BrClN2O3S/c16-9-1-2-12(17)11(7-9)14(21)18-5-3-10(4-6-18)19-13(20)8-23-15(19)22/h1-2,7,10H,3-6,8H2. The molecular weight excluding hydrogens is 404 g/mol. The van der Waals surface area contributed by atoms with Crippen LogP contribution in [-0.4, -0.2) is 51.7 Å². The lowest BCUT2D eigenvalue weighted by Gasteiger charge is -2.35. The number of likely N-dealkylation sites (tertiary alicyclic amines) is 1. The molecule has 0 saturated carbocycles. The Kier molecular flexibility index (Phi) is 4.98. The second-order valence-corrected chi connectivity index (χ2v) is 7.72. The maximum absolute atomic E-state index is 12.6. The fourth-order valence-electron chi connectivity index (χ4n) is 2.88. The average Bonchev–Trinajstić information content (AvgIpc) is 2.88. The number of hydrogen-bond donors (Lipinski definition) is 0. The number of halogens is 2. The molecule has 2 fully saturated rings. The minimum absolute atomic E-state index is 0.105. The number of hydrogen-bond acceptors (Lipinski definition) is 4. The zero-order valence-electron chi connectivity index (χ0n) is 12.1. The van der Waals surface area contributed by atoms with Crippen molar-refractivity contribution in [1.82, 2.24) is 9.80 Å². The Labute approximate surface area is 151 Å². The minimum Gasteiger partial charge on any atom is -0.338 e. The number of nitrogens with zero attached hydrogens (tertiary/aromatic N) is 2. The molecule has 2 aliphatic rings. The third-order valence-corrected chi connectivity index (χ3v) is 5.72. The van der Waals surface area contributed by atoms with Crippen molar-refractivity contribution in [3.8, 4) is 0 Å². The molecular formula is C15H14BrClN2O3S. The molecule has 0 unspecified atom stereocenters. The molecule has 1 aromatic carbocycles. The topological polar surface area (TPSA) is 57.7 Å². The summed E-state index contributed by atoms with van der Waals surface area (Å²) < 4.78 is 0.797. The van der Waals surface area contributed by atoms with Crippen LogP contribution in [-0.2, 0) is 4.79 Å². The number of imide groups is 1. The molecule has 5 nitrogen and oxygen atoms in total. The Morgan fingerprint density at radius 3 is 2.57 bits per heavy atom. The predicted octanol–water partition coefficient (Wildman–Crippen LogP) is 3.40. The van der Waals surface area contributed by atoms with Gasteiger partial charge in [-0.25, -0.2) is 0 Å². The molecule has 8 heteroatoms. The van der Waals surface area contributed by atoms with Gasteiger partial charge in [0.1, 0.15) is 0 Å². The van der Waals surface area contributed by atoms with Gasteiger partial charge < -0.3 is 4.90 Å². The number of carbonyl (C=O) groups excluding carboxylic acids is 3. The molecule has 1 aromatic rings. The van der Waals surface area contributed by atoms with Crippen molar-refractivity contribution < 1.29 is 14.4 Å². The van der Waals surface area contributed by atoms with Gasteiger partial charge in [0, 0.05) is 23.6 Å². The second kappa shape index (κ2) is 6.83. The average molecular weight is 418 g/mol. The van der Waals surface area contributed by atoms with E-state index < -0.39 is 0 Å². The first-order chi connectivity index (χ1) is 11.0. The molecule has 0 radical (unpaired) electrons. The summed E-state index contributed by atoms with van der Waals surface area (Å²) in [4.78, 5) is 39.2. The quantitative estimate of drug-likeness (QED) is 0.740. The lowest BCUT2D eigenvalue weighted by atomic mass is 10.0. The Morgan fingerprint density at radius 2 is 1.96 bits per heavy atom. The summed E-state index contributed by atoms with van der Waals surface area (Å²) in [6, 6.07) is 5.07. The van der Waals surface area contributed by atoms with E-state index in [4.69, 9.17) is 11.6 Å². The van der Waals surface area contributed by atoms with Gasteiger partial charge in [0.05, 0.1) is 16.3 Å². The number of rotatable bonds is 2. The van der Waals surface area contributed by atoms with Crippen molar-refractivity contribution >= 4 is 56.3 Å². The lowest BCUT2D eigenvalue weighted by molar-refractivity contribution is -0.126. The highest BCUT2D eigenvalue weighted by Crippen LogP contribution is 2.28. The Balaban J connectivity index is 1.67. The normalized spacial score (nSPS) is 19.6. The molecule has 0 aliphatic carbocycles. The van der Waals surface area contributed by atoms with Crippen LogP contribution in [0.4, 0.5) is 4.79 Å². The fourth-order valence-corrected chi connectivity index (χ4v) is 4.21. The highest BCUT2D eigenvalue weighted by molar-refractivity contribution is 9.10. The largest absolute Gasteiger partial charge is 0.338 e. The van der Waals surface area contributed by atoms with Crippen molar-refractivity contribution in [3.05, 3.63) is 33.3 Å². The van der Waals surface area contributed by atoms with Gasteiger partial charge in [0.2, 0.25) is 5.91 Å². The number of carbonyl (C=O) groups is 3. The summed E-state index contributed by atoms with van der Waals surface area (Å²) in [5.41, 5.74) is 0.461. The summed E-state index contributed by atoms with van der Waals surface area (Å²) in [5.74, 6) is -0.0194. The van der Waals surface area contributed by atoms with Crippen LogP contribution in [0.5, 0.6) is 0 Å². The van der Waals surface area contributed by atoms with E-state index in [1.54, 1.807) is 23.1 Å². The van der Waals surface area contributed by atoms with Crippen LogP contribution in [0, 0.1) is 0 Å². The molecule has 122 valence electrons. The van der Waals surface area contributed by atoms with Crippen LogP contribution in [0.2, 0.25) is 5.02 Å². The highest BCUT2D eigenvalue weighted by atomic mass is 79.9.